The van der Waals surface area contributed by atoms with Crippen molar-refractivity contribution in [1.82, 2.24) is 15.5 Å². The summed E-state index contributed by atoms with van der Waals surface area (Å²) >= 11 is 0. The van der Waals surface area contributed by atoms with Crippen molar-refractivity contribution in [3.63, 3.8) is 0 Å². The van der Waals surface area contributed by atoms with Crippen LogP contribution >= 0.6 is 0 Å². The number of nitrogens with one attached hydrogen (secondary N) is 3. The summed E-state index contributed by atoms with van der Waals surface area (Å²) in [5.41, 5.74) is -0.0133. The molecule has 1 saturated heterocycles. The van der Waals surface area contributed by atoms with Crippen LogP contribution in [-0.2, 0) is 15.1 Å². The fraction of sp³-hybridized carbons (Fsp3) is 0.304. The molecule has 0 unspecified atom stereocenters. The van der Waals surface area contributed by atoms with Crippen molar-refractivity contribution >= 4 is 29.4 Å². The summed E-state index contributed by atoms with van der Waals surface area (Å²) in [4.78, 5) is 51.4. The lowest BCUT2D eigenvalue weighted by atomic mass is 9.91. The molecule has 10 heteroatoms. The first-order valence-corrected chi connectivity index (χ1v) is 10.6. The number of nitrogens with zero attached hydrogens (tertiary/aromatic N) is 1. The van der Waals surface area contributed by atoms with E-state index in [-0.39, 0.29) is 18.7 Å². The zero-order valence-corrected chi connectivity index (χ0v) is 17.8. The number of carbonyl (C=O) groups is 4. The average Bonchev–Trinajstić information content (AvgIpc) is 3.43. The number of benzene rings is 2. The van der Waals surface area contributed by atoms with Gasteiger partial charge < -0.3 is 25.4 Å². The van der Waals surface area contributed by atoms with Gasteiger partial charge in [-0.3, -0.25) is 19.3 Å². The van der Waals surface area contributed by atoms with Gasteiger partial charge in [0.05, 0.1) is 0 Å². The molecule has 0 spiro atoms. The summed E-state index contributed by atoms with van der Waals surface area (Å²) in [6.07, 6.45) is 1.94. The van der Waals surface area contributed by atoms with Crippen LogP contribution in [0.15, 0.2) is 42.5 Å². The monoisotopic (exact) mass is 450 g/mol. The van der Waals surface area contributed by atoms with Crippen molar-refractivity contribution in [2.75, 3.05) is 18.7 Å². The van der Waals surface area contributed by atoms with E-state index in [4.69, 9.17) is 9.47 Å². The van der Waals surface area contributed by atoms with Gasteiger partial charge in [0.1, 0.15) is 12.1 Å². The van der Waals surface area contributed by atoms with Gasteiger partial charge in [0.15, 0.2) is 11.5 Å². The lowest BCUT2D eigenvalue weighted by Gasteiger charge is -2.22. The SMILES string of the molecule is C[C@]1(c2ccc3c(c2)OCO3)NC(=O)N(CC(=O)Nc2cccc(C(=O)NC3CC3)c2)C1=O. The summed E-state index contributed by atoms with van der Waals surface area (Å²) in [5.74, 6) is -0.282. The summed E-state index contributed by atoms with van der Waals surface area (Å²) in [6, 6.07) is 11.0. The third-order valence-electron chi connectivity index (χ3n) is 5.85. The molecule has 0 bridgehead atoms. The van der Waals surface area contributed by atoms with E-state index in [0.29, 0.717) is 28.3 Å². The fourth-order valence-electron chi connectivity index (χ4n) is 3.82. The number of rotatable bonds is 6. The second kappa shape index (κ2) is 7.80. The molecule has 2 aromatic rings. The number of anilines is 1. The molecule has 170 valence electrons. The number of imide groups is 1. The minimum Gasteiger partial charge on any atom is -0.454 e. The quantitative estimate of drug-likeness (QED) is 0.576. The van der Waals surface area contributed by atoms with Gasteiger partial charge >= 0.3 is 6.03 Å². The number of ether oxygens (including phenoxy) is 2. The molecular formula is C23H22N4O6. The maximum absolute atomic E-state index is 13.1. The van der Waals surface area contributed by atoms with Gasteiger partial charge in [-0.15, -0.1) is 0 Å². The van der Waals surface area contributed by atoms with Crippen molar-refractivity contribution in [3.05, 3.63) is 53.6 Å². The maximum atomic E-state index is 13.1. The fourth-order valence-corrected chi connectivity index (χ4v) is 3.82. The Morgan fingerprint density at radius 2 is 1.91 bits per heavy atom. The van der Waals surface area contributed by atoms with Crippen LogP contribution in [0.5, 0.6) is 11.5 Å². The van der Waals surface area contributed by atoms with E-state index in [2.05, 4.69) is 16.0 Å². The van der Waals surface area contributed by atoms with Crippen LogP contribution in [0.25, 0.3) is 0 Å². The van der Waals surface area contributed by atoms with Gasteiger partial charge in [-0.25, -0.2) is 4.79 Å². The molecule has 2 heterocycles. The van der Waals surface area contributed by atoms with E-state index in [1.807, 2.05) is 0 Å². The van der Waals surface area contributed by atoms with Gasteiger partial charge in [-0.1, -0.05) is 12.1 Å². The molecule has 2 fully saturated rings. The Bertz CT molecular complexity index is 1180. The van der Waals surface area contributed by atoms with Gasteiger partial charge in [-0.2, -0.15) is 0 Å². The molecular weight excluding hydrogens is 428 g/mol. The molecule has 0 radical (unpaired) electrons. The highest BCUT2D eigenvalue weighted by atomic mass is 16.7. The molecule has 2 aromatic carbocycles. The second-order valence-electron chi connectivity index (χ2n) is 8.39. The predicted octanol–water partition coefficient (Wildman–Crippen LogP) is 1.71. The number of urea groups is 1. The molecule has 10 nitrogen and oxygen atoms in total. The molecule has 1 atom stereocenters. The first-order chi connectivity index (χ1) is 15.8. The molecule has 3 aliphatic rings. The van der Waals surface area contributed by atoms with Crippen molar-refractivity contribution in [2.45, 2.75) is 31.3 Å². The summed E-state index contributed by atoms with van der Waals surface area (Å²) in [6.45, 7) is 1.19. The summed E-state index contributed by atoms with van der Waals surface area (Å²) in [5, 5.41) is 8.20. The Kier molecular flexibility index (Phi) is 4.92. The number of fused-ring (bicyclic) bond motifs is 1. The maximum Gasteiger partial charge on any atom is 0.325 e. The van der Waals surface area contributed by atoms with Crippen LogP contribution in [-0.4, -0.2) is 48.0 Å². The number of carbonyl (C=O) groups excluding carboxylic acids is 4. The normalized spacial score (nSPS) is 21.1. The molecule has 1 saturated carbocycles. The van der Waals surface area contributed by atoms with Gasteiger partial charge in [0.25, 0.3) is 11.8 Å². The number of hydrogen-bond acceptors (Lipinski definition) is 6. The van der Waals surface area contributed by atoms with Crippen molar-refractivity contribution < 1.29 is 28.7 Å². The van der Waals surface area contributed by atoms with Crippen LogP contribution in [0.3, 0.4) is 0 Å². The smallest absolute Gasteiger partial charge is 0.325 e. The van der Waals surface area contributed by atoms with Crippen LogP contribution < -0.4 is 25.4 Å². The van der Waals surface area contributed by atoms with Crippen LogP contribution in [0.4, 0.5) is 10.5 Å². The van der Waals surface area contributed by atoms with E-state index in [9.17, 15) is 19.2 Å². The minimum absolute atomic E-state index is 0.0888. The predicted molar refractivity (Wildman–Crippen MR) is 116 cm³/mol. The van der Waals surface area contributed by atoms with Gasteiger partial charge in [0, 0.05) is 17.3 Å². The Hall–Kier alpha value is -4.08. The molecule has 2 aliphatic heterocycles. The largest absolute Gasteiger partial charge is 0.454 e. The first kappa shape index (κ1) is 20.8. The molecule has 5 rings (SSSR count). The molecule has 5 amide bonds. The van der Waals surface area contributed by atoms with Crippen molar-refractivity contribution in [2.24, 2.45) is 0 Å². The highest BCUT2D eigenvalue weighted by Gasteiger charge is 2.49. The third kappa shape index (κ3) is 3.95. The lowest BCUT2D eigenvalue weighted by Crippen LogP contribution is -2.42. The zero-order chi connectivity index (χ0) is 23.2. The van der Waals surface area contributed by atoms with E-state index >= 15 is 0 Å². The molecule has 33 heavy (non-hydrogen) atoms. The second-order valence-corrected chi connectivity index (χ2v) is 8.39. The molecule has 3 N–H and O–H groups in total. The van der Waals surface area contributed by atoms with E-state index in [1.165, 1.54) is 0 Å². The number of amides is 5. The summed E-state index contributed by atoms with van der Waals surface area (Å²) in [7, 11) is 0. The Morgan fingerprint density at radius 1 is 1.12 bits per heavy atom. The Morgan fingerprint density at radius 3 is 2.70 bits per heavy atom. The highest BCUT2D eigenvalue weighted by molar-refractivity contribution is 6.10. The van der Waals surface area contributed by atoms with Crippen LogP contribution in [0.1, 0.15) is 35.7 Å². The highest BCUT2D eigenvalue weighted by Crippen LogP contribution is 2.37. The topological polar surface area (TPSA) is 126 Å². The van der Waals surface area contributed by atoms with Gasteiger partial charge in [-0.05, 0) is 55.7 Å². The van der Waals surface area contributed by atoms with Crippen LogP contribution in [0.2, 0.25) is 0 Å². The average molecular weight is 450 g/mol. The third-order valence-corrected chi connectivity index (χ3v) is 5.85. The standard InChI is InChI=1S/C23H22N4O6/c1-23(14-5-8-17-18(10-14)33-12-32-17)21(30)27(22(31)26-23)11-19(28)24-16-4-2-3-13(9-16)20(29)25-15-6-7-15/h2-5,8-10,15H,6-7,11-12H2,1H3,(H,24,28)(H,25,29)(H,26,31)/t23-/m1/s1. The van der Waals surface area contributed by atoms with Crippen molar-refractivity contribution in [3.8, 4) is 11.5 Å². The van der Waals surface area contributed by atoms with E-state index in [1.54, 1.807) is 49.4 Å². The first-order valence-electron chi connectivity index (χ1n) is 10.6. The van der Waals surface area contributed by atoms with E-state index < -0.39 is 29.9 Å². The number of hydrogen-bond donors (Lipinski definition) is 3. The van der Waals surface area contributed by atoms with Crippen LogP contribution in [0, 0.1) is 0 Å². The molecule has 0 aromatic heterocycles. The lowest BCUT2D eigenvalue weighted by molar-refractivity contribution is -0.133. The molecule has 1 aliphatic carbocycles. The zero-order valence-electron chi connectivity index (χ0n) is 17.8. The minimum atomic E-state index is -1.35. The Labute approximate surface area is 189 Å². The van der Waals surface area contributed by atoms with Gasteiger partial charge in [0.2, 0.25) is 12.7 Å². The Balaban J connectivity index is 1.26. The van der Waals surface area contributed by atoms with Crippen molar-refractivity contribution in [1.29, 1.82) is 0 Å². The van der Waals surface area contributed by atoms with E-state index in [0.717, 1.165) is 17.7 Å². The summed E-state index contributed by atoms with van der Waals surface area (Å²) < 4.78 is 10.7.